The summed E-state index contributed by atoms with van der Waals surface area (Å²) in [5, 5.41) is 8.93. The first-order valence-corrected chi connectivity index (χ1v) is 11.6. The topological polar surface area (TPSA) is 62.7 Å². The molecule has 3 aromatic rings. The lowest BCUT2D eigenvalue weighted by Crippen LogP contribution is -2.43. The maximum Gasteiger partial charge on any atom is 0.410 e. The van der Waals surface area contributed by atoms with E-state index in [0.717, 1.165) is 40.9 Å². The van der Waals surface area contributed by atoms with Crippen LogP contribution in [0.4, 0.5) is 4.79 Å². The Bertz CT molecular complexity index is 958. The van der Waals surface area contributed by atoms with Crippen LogP contribution < -0.4 is 0 Å². The second-order valence-corrected chi connectivity index (χ2v) is 8.44. The number of benzene rings is 2. The highest BCUT2D eigenvalue weighted by Crippen LogP contribution is 2.28. The fraction of sp³-hybridized carbons (Fsp3) is 0.357. The van der Waals surface area contributed by atoms with Crippen LogP contribution in [0.15, 0.2) is 72.8 Å². The molecule has 5 nitrogen and oxygen atoms in total. The highest BCUT2D eigenvalue weighted by molar-refractivity contribution is 5.69. The number of ether oxygens (including phenoxy) is 1. The van der Waals surface area contributed by atoms with Gasteiger partial charge in [-0.1, -0.05) is 60.7 Å². The molecule has 0 aliphatic carbocycles. The van der Waals surface area contributed by atoms with Crippen molar-refractivity contribution in [2.75, 3.05) is 13.2 Å². The number of pyridine rings is 1. The Hall–Kier alpha value is -3.18. The smallest absolute Gasteiger partial charge is 0.410 e. The Labute approximate surface area is 197 Å². The van der Waals surface area contributed by atoms with Gasteiger partial charge < -0.3 is 14.7 Å². The van der Waals surface area contributed by atoms with E-state index >= 15 is 0 Å². The highest BCUT2D eigenvalue weighted by Gasteiger charge is 2.30. The number of carbonyl (C=O) groups excluding carboxylic acids is 1. The van der Waals surface area contributed by atoms with Gasteiger partial charge in [-0.2, -0.15) is 0 Å². The van der Waals surface area contributed by atoms with Crippen LogP contribution in [0.25, 0.3) is 11.1 Å². The largest absolute Gasteiger partial charge is 0.446 e. The lowest BCUT2D eigenvalue weighted by Gasteiger charge is -2.35. The van der Waals surface area contributed by atoms with Crippen LogP contribution in [0, 0.1) is 13.8 Å². The molecule has 1 amide bonds. The van der Waals surface area contributed by atoms with E-state index in [2.05, 4.69) is 41.4 Å². The molecule has 0 saturated carbocycles. The molecule has 2 aromatic carbocycles. The predicted molar refractivity (Wildman–Crippen MR) is 132 cm³/mol. The number of nitrogens with zero attached hydrogens (tertiary/aromatic N) is 2. The van der Waals surface area contributed by atoms with E-state index in [1.807, 2.05) is 57.2 Å². The third-order valence-corrected chi connectivity index (χ3v) is 5.82. The van der Waals surface area contributed by atoms with Gasteiger partial charge in [0.15, 0.2) is 0 Å². The first kappa shape index (κ1) is 24.5. The quantitative estimate of drug-likeness (QED) is 0.497. The van der Waals surface area contributed by atoms with Crippen molar-refractivity contribution < 1.29 is 14.6 Å². The lowest BCUT2D eigenvalue weighted by atomic mass is 9.99. The van der Waals surface area contributed by atoms with Crippen molar-refractivity contribution in [1.82, 2.24) is 9.88 Å². The van der Waals surface area contributed by atoms with E-state index < -0.39 is 0 Å². The summed E-state index contributed by atoms with van der Waals surface area (Å²) in [5.74, 6) is 0. The summed E-state index contributed by atoms with van der Waals surface area (Å²) < 4.78 is 5.53. The van der Waals surface area contributed by atoms with E-state index in [1.165, 1.54) is 0 Å². The minimum atomic E-state index is -0.263. The molecule has 1 saturated heterocycles. The number of aryl methyl sites for hydroxylation is 2. The number of aliphatic hydroxyl groups is 1. The molecule has 1 aliphatic heterocycles. The molecule has 0 spiro atoms. The third-order valence-electron chi connectivity index (χ3n) is 5.82. The number of hydrogen-bond donors (Lipinski definition) is 1. The molecule has 1 N–H and O–H groups in total. The fourth-order valence-electron chi connectivity index (χ4n) is 4.04. The zero-order chi connectivity index (χ0) is 23.6. The second-order valence-electron chi connectivity index (χ2n) is 8.44. The van der Waals surface area contributed by atoms with Crippen molar-refractivity contribution >= 4 is 6.09 Å². The predicted octanol–water partition coefficient (Wildman–Crippen LogP) is 6.10. The third kappa shape index (κ3) is 7.16. The van der Waals surface area contributed by atoms with Crippen LogP contribution in [0.2, 0.25) is 0 Å². The van der Waals surface area contributed by atoms with Gasteiger partial charge in [0, 0.05) is 31.0 Å². The zero-order valence-electron chi connectivity index (χ0n) is 19.8. The summed E-state index contributed by atoms with van der Waals surface area (Å²) in [6.45, 7) is 6.86. The molecular formula is C28H34N2O3. The van der Waals surface area contributed by atoms with Crippen LogP contribution in [-0.2, 0) is 4.74 Å². The fourth-order valence-corrected chi connectivity index (χ4v) is 4.04. The molecule has 33 heavy (non-hydrogen) atoms. The highest BCUT2D eigenvalue weighted by atomic mass is 16.6. The van der Waals surface area contributed by atoms with Crippen LogP contribution in [0.5, 0.6) is 0 Å². The standard InChI is InChI=1S/C22H28N2O3.C6H6/c1-15-13-20(14-16(2)23-15)19-8-6-18(7-9-19)17(3)24-11-10-21(5-4-12-25)27-22(24)26;1-2-4-6-5-3-1/h6-9,13-14,17,21,25H,4-5,10-12H2,1-3H3;1-6H. The summed E-state index contributed by atoms with van der Waals surface area (Å²) in [4.78, 5) is 18.6. The summed E-state index contributed by atoms with van der Waals surface area (Å²) in [6, 6.07) is 24.5. The Morgan fingerprint density at radius 1 is 1.00 bits per heavy atom. The van der Waals surface area contributed by atoms with E-state index in [0.29, 0.717) is 13.0 Å². The Kier molecular flexibility index (Phi) is 9.02. The number of aliphatic hydroxyl groups excluding tert-OH is 1. The number of aromatic nitrogens is 1. The van der Waals surface area contributed by atoms with Gasteiger partial charge in [0.05, 0.1) is 6.04 Å². The van der Waals surface area contributed by atoms with Crippen LogP contribution in [-0.4, -0.2) is 40.3 Å². The number of amides is 1. The van der Waals surface area contributed by atoms with E-state index in [1.54, 1.807) is 4.90 Å². The molecule has 1 fully saturated rings. The van der Waals surface area contributed by atoms with Gasteiger partial charge in [0.25, 0.3) is 0 Å². The monoisotopic (exact) mass is 446 g/mol. The summed E-state index contributed by atoms with van der Waals surface area (Å²) in [7, 11) is 0. The molecule has 1 aromatic heterocycles. The molecule has 2 heterocycles. The average Bonchev–Trinajstić information content (AvgIpc) is 2.83. The van der Waals surface area contributed by atoms with Gasteiger partial charge >= 0.3 is 6.09 Å². The van der Waals surface area contributed by atoms with Crippen molar-refractivity contribution in [3.05, 3.63) is 89.7 Å². The van der Waals surface area contributed by atoms with Crippen LogP contribution in [0.3, 0.4) is 0 Å². The molecule has 2 atom stereocenters. The Balaban J connectivity index is 0.000000442. The molecule has 0 bridgehead atoms. The normalized spacial score (nSPS) is 16.4. The zero-order valence-corrected chi connectivity index (χ0v) is 19.8. The van der Waals surface area contributed by atoms with Gasteiger partial charge in [-0.05, 0) is 62.4 Å². The van der Waals surface area contributed by atoms with Crippen molar-refractivity contribution in [2.45, 2.75) is 52.2 Å². The number of hydrogen-bond acceptors (Lipinski definition) is 4. The average molecular weight is 447 g/mol. The van der Waals surface area contributed by atoms with Crippen molar-refractivity contribution in [3.8, 4) is 11.1 Å². The molecule has 2 unspecified atom stereocenters. The molecule has 5 heteroatoms. The Morgan fingerprint density at radius 3 is 2.09 bits per heavy atom. The maximum atomic E-state index is 12.4. The first-order valence-electron chi connectivity index (χ1n) is 11.6. The summed E-state index contributed by atoms with van der Waals surface area (Å²) >= 11 is 0. The van der Waals surface area contributed by atoms with Gasteiger partial charge in [0.2, 0.25) is 0 Å². The van der Waals surface area contributed by atoms with Crippen LogP contribution >= 0.6 is 0 Å². The molecular weight excluding hydrogens is 412 g/mol. The van der Waals surface area contributed by atoms with Crippen molar-refractivity contribution in [2.24, 2.45) is 0 Å². The number of cyclic esters (lactones) is 1. The van der Waals surface area contributed by atoms with E-state index in [-0.39, 0.29) is 24.8 Å². The molecule has 0 radical (unpaired) electrons. The van der Waals surface area contributed by atoms with Crippen molar-refractivity contribution in [1.29, 1.82) is 0 Å². The van der Waals surface area contributed by atoms with Gasteiger partial charge in [-0.15, -0.1) is 0 Å². The molecule has 4 rings (SSSR count). The van der Waals surface area contributed by atoms with E-state index in [4.69, 9.17) is 9.84 Å². The van der Waals surface area contributed by atoms with Gasteiger partial charge in [0.1, 0.15) is 6.10 Å². The first-order chi connectivity index (χ1) is 16.0. The van der Waals surface area contributed by atoms with Crippen LogP contribution in [0.1, 0.15) is 49.2 Å². The van der Waals surface area contributed by atoms with Gasteiger partial charge in [-0.25, -0.2) is 4.79 Å². The SMILES string of the molecule is Cc1cc(-c2ccc(C(C)N3CCC(CCCO)OC3=O)cc2)cc(C)n1.c1ccccc1. The summed E-state index contributed by atoms with van der Waals surface area (Å²) in [5.41, 5.74) is 5.41. The summed E-state index contributed by atoms with van der Waals surface area (Å²) in [6.07, 6.45) is 1.87. The second kappa shape index (κ2) is 12.2. The number of rotatable bonds is 6. The maximum absolute atomic E-state index is 12.4. The minimum Gasteiger partial charge on any atom is -0.446 e. The van der Waals surface area contributed by atoms with E-state index in [9.17, 15) is 4.79 Å². The van der Waals surface area contributed by atoms with Crippen molar-refractivity contribution in [3.63, 3.8) is 0 Å². The lowest BCUT2D eigenvalue weighted by molar-refractivity contribution is 0.00760. The van der Waals surface area contributed by atoms with Gasteiger partial charge in [-0.3, -0.25) is 4.98 Å². The molecule has 1 aliphatic rings. The minimum absolute atomic E-state index is 0.0359. The number of carbonyl (C=O) groups is 1. The Morgan fingerprint density at radius 2 is 1.58 bits per heavy atom. The molecule has 174 valence electrons.